The summed E-state index contributed by atoms with van der Waals surface area (Å²) >= 11 is 0. The van der Waals surface area contributed by atoms with Crippen LogP contribution in [-0.4, -0.2) is 26.2 Å². The first-order valence-electron chi connectivity index (χ1n) is 5.75. The second kappa shape index (κ2) is 6.89. The van der Waals surface area contributed by atoms with Crippen LogP contribution in [0.25, 0.3) is 0 Å². The highest BCUT2D eigenvalue weighted by molar-refractivity contribution is 5.69. The number of anilines is 1. The van der Waals surface area contributed by atoms with Crippen molar-refractivity contribution in [1.82, 2.24) is 0 Å². The highest BCUT2D eigenvalue weighted by atomic mass is 19.1. The predicted octanol–water partition coefficient (Wildman–Crippen LogP) is 2.61. The molecule has 0 aliphatic carbocycles. The summed E-state index contributed by atoms with van der Waals surface area (Å²) < 4.78 is 18.1. The second-order valence-corrected chi connectivity index (χ2v) is 3.71. The fourth-order valence-electron chi connectivity index (χ4n) is 1.67. The van der Waals surface area contributed by atoms with E-state index in [9.17, 15) is 9.18 Å². The number of carbonyl (C=O) groups excluding carboxylic acids is 1. The van der Waals surface area contributed by atoms with Gasteiger partial charge in [-0.1, -0.05) is 12.1 Å². The molecule has 3 nitrogen and oxygen atoms in total. The van der Waals surface area contributed by atoms with E-state index in [1.165, 1.54) is 13.2 Å². The van der Waals surface area contributed by atoms with E-state index in [1.807, 2.05) is 11.8 Å². The number of halogens is 1. The highest BCUT2D eigenvalue weighted by Gasteiger charge is 2.09. The van der Waals surface area contributed by atoms with E-state index in [1.54, 1.807) is 18.2 Å². The monoisotopic (exact) mass is 239 g/mol. The van der Waals surface area contributed by atoms with Crippen LogP contribution in [0.1, 0.15) is 19.8 Å². The number of rotatable bonds is 6. The van der Waals surface area contributed by atoms with Crippen LogP contribution >= 0.6 is 0 Å². The van der Waals surface area contributed by atoms with E-state index < -0.39 is 0 Å². The molecule has 0 saturated heterocycles. The highest BCUT2D eigenvalue weighted by Crippen LogP contribution is 2.18. The SMILES string of the molecule is CCN(CCCC(=O)OC)c1ccccc1F. The van der Waals surface area contributed by atoms with Crippen LogP contribution in [0, 0.1) is 5.82 Å². The second-order valence-electron chi connectivity index (χ2n) is 3.71. The zero-order valence-corrected chi connectivity index (χ0v) is 10.3. The van der Waals surface area contributed by atoms with Crippen LogP contribution in [0.15, 0.2) is 24.3 Å². The maximum absolute atomic E-state index is 13.5. The molecule has 0 N–H and O–H groups in total. The molecule has 0 aliphatic heterocycles. The van der Waals surface area contributed by atoms with Gasteiger partial charge in [0.05, 0.1) is 12.8 Å². The number of benzene rings is 1. The van der Waals surface area contributed by atoms with Crippen LogP contribution in [0.2, 0.25) is 0 Å². The molecule has 0 fully saturated rings. The van der Waals surface area contributed by atoms with Gasteiger partial charge in [-0.2, -0.15) is 0 Å². The van der Waals surface area contributed by atoms with Gasteiger partial charge in [0.1, 0.15) is 5.82 Å². The largest absolute Gasteiger partial charge is 0.469 e. The Labute approximate surface area is 101 Å². The number of carbonyl (C=O) groups is 1. The van der Waals surface area contributed by atoms with Crippen molar-refractivity contribution >= 4 is 11.7 Å². The van der Waals surface area contributed by atoms with Gasteiger partial charge in [0, 0.05) is 19.5 Å². The number of esters is 1. The van der Waals surface area contributed by atoms with E-state index in [2.05, 4.69) is 4.74 Å². The summed E-state index contributed by atoms with van der Waals surface area (Å²) in [5.74, 6) is -0.456. The smallest absolute Gasteiger partial charge is 0.305 e. The third-order valence-corrected chi connectivity index (χ3v) is 2.61. The summed E-state index contributed by atoms with van der Waals surface area (Å²) in [6.45, 7) is 3.32. The van der Waals surface area contributed by atoms with Gasteiger partial charge < -0.3 is 9.64 Å². The Hall–Kier alpha value is -1.58. The lowest BCUT2D eigenvalue weighted by molar-refractivity contribution is -0.140. The predicted molar refractivity (Wildman–Crippen MR) is 65.5 cm³/mol. The Morgan fingerprint density at radius 3 is 2.71 bits per heavy atom. The van der Waals surface area contributed by atoms with E-state index in [0.717, 1.165) is 0 Å². The van der Waals surface area contributed by atoms with Crippen molar-refractivity contribution < 1.29 is 13.9 Å². The van der Waals surface area contributed by atoms with E-state index in [4.69, 9.17) is 0 Å². The number of methoxy groups -OCH3 is 1. The minimum atomic E-state index is -0.229. The van der Waals surface area contributed by atoms with Gasteiger partial charge in [-0.25, -0.2) is 4.39 Å². The lowest BCUT2D eigenvalue weighted by Crippen LogP contribution is -2.25. The topological polar surface area (TPSA) is 29.5 Å². The number of hydrogen-bond acceptors (Lipinski definition) is 3. The number of nitrogens with zero attached hydrogens (tertiary/aromatic N) is 1. The van der Waals surface area contributed by atoms with Crippen molar-refractivity contribution in [2.75, 3.05) is 25.1 Å². The molecule has 0 bridgehead atoms. The van der Waals surface area contributed by atoms with E-state index in [-0.39, 0.29) is 11.8 Å². The molecule has 4 heteroatoms. The van der Waals surface area contributed by atoms with E-state index >= 15 is 0 Å². The summed E-state index contributed by atoms with van der Waals surface area (Å²) in [5, 5.41) is 0. The Morgan fingerprint density at radius 1 is 1.41 bits per heavy atom. The zero-order chi connectivity index (χ0) is 12.7. The molecule has 0 amide bonds. The van der Waals surface area contributed by atoms with Crippen molar-refractivity contribution in [3.8, 4) is 0 Å². The van der Waals surface area contributed by atoms with Crippen molar-refractivity contribution in [2.24, 2.45) is 0 Å². The molecule has 0 aliphatic rings. The average Bonchev–Trinajstić information content (AvgIpc) is 2.35. The molecule has 0 aromatic heterocycles. The van der Waals surface area contributed by atoms with Crippen LogP contribution in [0.3, 0.4) is 0 Å². The lowest BCUT2D eigenvalue weighted by atomic mass is 10.2. The summed E-state index contributed by atoms with van der Waals surface area (Å²) in [7, 11) is 1.37. The molecule has 0 radical (unpaired) electrons. The number of para-hydroxylation sites is 1. The number of hydrogen-bond donors (Lipinski definition) is 0. The number of ether oxygens (including phenoxy) is 1. The normalized spacial score (nSPS) is 10.1. The minimum Gasteiger partial charge on any atom is -0.469 e. The Kier molecular flexibility index (Phi) is 5.46. The first-order chi connectivity index (χ1) is 8.19. The Balaban J connectivity index is 2.55. The van der Waals surface area contributed by atoms with Crippen molar-refractivity contribution in [3.05, 3.63) is 30.1 Å². The fourth-order valence-corrected chi connectivity index (χ4v) is 1.67. The van der Waals surface area contributed by atoms with Crippen LogP contribution in [-0.2, 0) is 9.53 Å². The lowest BCUT2D eigenvalue weighted by Gasteiger charge is -2.23. The first-order valence-corrected chi connectivity index (χ1v) is 5.75. The van der Waals surface area contributed by atoms with Gasteiger partial charge in [-0.15, -0.1) is 0 Å². The van der Waals surface area contributed by atoms with Gasteiger partial charge >= 0.3 is 5.97 Å². The molecule has 0 spiro atoms. The van der Waals surface area contributed by atoms with Crippen LogP contribution in [0.4, 0.5) is 10.1 Å². The van der Waals surface area contributed by atoms with Crippen molar-refractivity contribution in [3.63, 3.8) is 0 Å². The van der Waals surface area contributed by atoms with Crippen molar-refractivity contribution in [1.29, 1.82) is 0 Å². The standard InChI is InChI=1S/C13H18FNO2/c1-3-15(10-6-9-13(16)17-2)12-8-5-4-7-11(12)14/h4-5,7-8H,3,6,9-10H2,1-2H3. The maximum Gasteiger partial charge on any atom is 0.305 e. The van der Waals surface area contributed by atoms with E-state index in [0.29, 0.717) is 31.6 Å². The van der Waals surface area contributed by atoms with Gasteiger partial charge in [-0.05, 0) is 25.5 Å². The molecular weight excluding hydrogens is 221 g/mol. The quantitative estimate of drug-likeness (QED) is 0.715. The third-order valence-electron chi connectivity index (χ3n) is 2.61. The zero-order valence-electron chi connectivity index (χ0n) is 10.3. The van der Waals surface area contributed by atoms with Gasteiger partial charge in [0.2, 0.25) is 0 Å². The summed E-state index contributed by atoms with van der Waals surface area (Å²) in [5.41, 5.74) is 0.583. The minimum absolute atomic E-state index is 0.227. The molecule has 0 heterocycles. The fraction of sp³-hybridized carbons (Fsp3) is 0.462. The molecule has 1 aromatic rings. The molecular formula is C13H18FNO2. The molecule has 0 unspecified atom stereocenters. The first kappa shape index (κ1) is 13.5. The van der Waals surface area contributed by atoms with Gasteiger partial charge in [-0.3, -0.25) is 4.79 Å². The van der Waals surface area contributed by atoms with Crippen molar-refractivity contribution in [2.45, 2.75) is 19.8 Å². The summed E-state index contributed by atoms with van der Waals surface area (Å²) in [6.07, 6.45) is 1.02. The molecule has 17 heavy (non-hydrogen) atoms. The molecule has 1 aromatic carbocycles. The Bertz CT molecular complexity index is 368. The molecule has 0 saturated carbocycles. The van der Waals surface area contributed by atoms with Gasteiger partial charge in [0.25, 0.3) is 0 Å². The molecule has 0 atom stereocenters. The third kappa shape index (κ3) is 4.06. The maximum atomic E-state index is 13.5. The van der Waals surface area contributed by atoms with Gasteiger partial charge in [0.15, 0.2) is 0 Å². The summed E-state index contributed by atoms with van der Waals surface area (Å²) in [4.78, 5) is 12.9. The Morgan fingerprint density at radius 2 is 2.12 bits per heavy atom. The average molecular weight is 239 g/mol. The molecule has 1 rings (SSSR count). The van der Waals surface area contributed by atoms with Crippen LogP contribution in [0.5, 0.6) is 0 Å². The van der Waals surface area contributed by atoms with Crippen LogP contribution < -0.4 is 4.90 Å². The molecule has 94 valence electrons. The summed E-state index contributed by atoms with van der Waals surface area (Å²) in [6, 6.07) is 6.66.